The van der Waals surface area contributed by atoms with Gasteiger partial charge in [-0.25, -0.2) is 0 Å². The highest BCUT2D eigenvalue weighted by Gasteiger charge is 2.31. The Bertz CT molecular complexity index is 693. The number of unbranched alkanes of at least 4 members (excludes halogenated alkanes) is 2. The second kappa shape index (κ2) is 13.4. The summed E-state index contributed by atoms with van der Waals surface area (Å²) in [6.07, 6.45) is 6.38. The molecule has 0 aromatic rings. The van der Waals surface area contributed by atoms with Gasteiger partial charge in [0.05, 0.1) is 5.25 Å². The van der Waals surface area contributed by atoms with Crippen LogP contribution in [0.2, 0.25) is 0 Å². The van der Waals surface area contributed by atoms with E-state index in [9.17, 15) is 24.0 Å². The lowest BCUT2D eigenvalue weighted by Crippen LogP contribution is -2.37. The molecule has 2 rings (SSSR count). The van der Waals surface area contributed by atoms with E-state index in [0.29, 0.717) is 37.6 Å². The van der Waals surface area contributed by atoms with Crippen molar-refractivity contribution in [2.45, 2.75) is 69.5 Å². The van der Waals surface area contributed by atoms with Gasteiger partial charge >= 0.3 is 5.97 Å². The first-order chi connectivity index (χ1) is 15.3. The number of aliphatic carboxylic acids is 1. The SMILES string of the molecule is CN(CC1CCC(C(=O)NCCCCCC(=O)O)CC1)C(=O)CCSC1CC(=O)NC1=O. The van der Waals surface area contributed by atoms with E-state index in [1.54, 1.807) is 11.9 Å². The highest BCUT2D eigenvalue weighted by Crippen LogP contribution is 2.29. The van der Waals surface area contributed by atoms with Gasteiger partial charge < -0.3 is 15.3 Å². The summed E-state index contributed by atoms with van der Waals surface area (Å²) in [5.74, 6) is -0.276. The van der Waals surface area contributed by atoms with Gasteiger partial charge in [-0.2, -0.15) is 0 Å². The number of nitrogens with zero attached hydrogens (tertiary/aromatic N) is 1. The molecular formula is C22H35N3O6S. The number of amides is 4. The van der Waals surface area contributed by atoms with E-state index >= 15 is 0 Å². The molecule has 0 aromatic heterocycles. The van der Waals surface area contributed by atoms with Crippen LogP contribution in [0.4, 0.5) is 0 Å². The molecule has 2 fully saturated rings. The van der Waals surface area contributed by atoms with Crippen molar-refractivity contribution in [3.8, 4) is 0 Å². The van der Waals surface area contributed by atoms with Crippen molar-refractivity contribution in [1.82, 2.24) is 15.5 Å². The van der Waals surface area contributed by atoms with Crippen molar-refractivity contribution >= 4 is 41.4 Å². The molecule has 2 aliphatic rings. The lowest BCUT2D eigenvalue weighted by Gasteiger charge is -2.30. The summed E-state index contributed by atoms with van der Waals surface area (Å²) in [5, 5.41) is 13.5. The lowest BCUT2D eigenvalue weighted by molar-refractivity contribution is -0.137. The summed E-state index contributed by atoms with van der Waals surface area (Å²) in [5.41, 5.74) is 0. The van der Waals surface area contributed by atoms with E-state index < -0.39 is 5.97 Å². The zero-order valence-electron chi connectivity index (χ0n) is 18.8. The van der Waals surface area contributed by atoms with Crippen molar-refractivity contribution in [3.05, 3.63) is 0 Å². The van der Waals surface area contributed by atoms with Crippen LogP contribution in [0.25, 0.3) is 0 Å². The van der Waals surface area contributed by atoms with E-state index in [4.69, 9.17) is 5.11 Å². The van der Waals surface area contributed by atoms with Crippen LogP contribution < -0.4 is 10.6 Å². The monoisotopic (exact) mass is 469 g/mol. The first-order valence-corrected chi connectivity index (χ1v) is 12.5. The van der Waals surface area contributed by atoms with Gasteiger partial charge in [0.25, 0.3) is 0 Å². The maximum Gasteiger partial charge on any atom is 0.303 e. The van der Waals surface area contributed by atoms with Crippen LogP contribution in [-0.2, 0) is 24.0 Å². The van der Waals surface area contributed by atoms with Gasteiger partial charge in [-0.1, -0.05) is 6.42 Å². The van der Waals surface area contributed by atoms with Gasteiger partial charge in [-0.15, -0.1) is 11.8 Å². The number of nitrogens with one attached hydrogen (secondary N) is 2. The van der Waals surface area contributed by atoms with Gasteiger partial charge in [0.1, 0.15) is 0 Å². The molecule has 9 nitrogen and oxygen atoms in total. The van der Waals surface area contributed by atoms with Crippen LogP contribution in [0.5, 0.6) is 0 Å². The van der Waals surface area contributed by atoms with Crippen LogP contribution >= 0.6 is 11.8 Å². The quantitative estimate of drug-likeness (QED) is 0.275. The highest BCUT2D eigenvalue weighted by atomic mass is 32.2. The standard InChI is InChI=1S/C22H35N3O6S/c1-25(19(27)10-12-32-17-13-18(26)24-22(17)31)14-15-6-8-16(9-7-15)21(30)23-11-4-2-3-5-20(28)29/h15-17H,2-14H2,1H3,(H,23,30)(H,28,29)(H,24,26,31). The molecule has 1 unspecified atom stereocenters. The Labute approximate surface area is 193 Å². The molecule has 4 amide bonds. The summed E-state index contributed by atoms with van der Waals surface area (Å²) in [4.78, 5) is 59.7. The van der Waals surface area contributed by atoms with Crippen LogP contribution in [0, 0.1) is 11.8 Å². The van der Waals surface area contributed by atoms with Crippen molar-refractivity contribution in [1.29, 1.82) is 0 Å². The molecule has 32 heavy (non-hydrogen) atoms. The predicted molar refractivity (Wildman–Crippen MR) is 121 cm³/mol. The van der Waals surface area contributed by atoms with E-state index in [0.717, 1.165) is 38.5 Å². The number of imide groups is 1. The number of thioether (sulfide) groups is 1. The van der Waals surface area contributed by atoms with E-state index in [-0.39, 0.29) is 47.6 Å². The average molecular weight is 470 g/mol. The van der Waals surface area contributed by atoms with E-state index in [2.05, 4.69) is 10.6 Å². The Balaban J connectivity index is 1.56. The molecule has 0 aromatic carbocycles. The van der Waals surface area contributed by atoms with Crippen LogP contribution in [0.3, 0.4) is 0 Å². The molecule has 1 aliphatic carbocycles. The third-order valence-corrected chi connectivity index (χ3v) is 7.33. The number of carboxylic acid groups (broad SMARTS) is 1. The van der Waals surface area contributed by atoms with E-state index in [1.807, 2.05) is 0 Å². The zero-order chi connectivity index (χ0) is 23.5. The first kappa shape index (κ1) is 26.2. The molecule has 1 heterocycles. The Morgan fingerprint density at radius 3 is 2.44 bits per heavy atom. The fourth-order valence-electron chi connectivity index (χ4n) is 4.17. The minimum absolute atomic E-state index is 0.0166. The Morgan fingerprint density at radius 1 is 1.09 bits per heavy atom. The summed E-state index contributed by atoms with van der Waals surface area (Å²) < 4.78 is 0. The summed E-state index contributed by atoms with van der Waals surface area (Å²) >= 11 is 1.35. The van der Waals surface area contributed by atoms with Gasteiger partial charge in [0.15, 0.2) is 0 Å². The number of carbonyl (C=O) groups is 5. The number of hydrogen-bond donors (Lipinski definition) is 3. The third-order valence-electron chi connectivity index (χ3n) is 6.10. The minimum atomic E-state index is -0.784. The maximum absolute atomic E-state index is 12.4. The van der Waals surface area contributed by atoms with Crippen molar-refractivity contribution in [2.24, 2.45) is 11.8 Å². The van der Waals surface area contributed by atoms with Crippen LogP contribution in [-0.4, -0.2) is 70.7 Å². The fourth-order valence-corrected chi connectivity index (χ4v) is 5.23. The van der Waals surface area contributed by atoms with Gasteiger partial charge in [-0.05, 0) is 44.4 Å². The molecule has 10 heteroatoms. The summed E-state index contributed by atoms with van der Waals surface area (Å²) in [6.45, 7) is 1.26. The smallest absolute Gasteiger partial charge is 0.303 e. The van der Waals surface area contributed by atoms with Crippen LogP contribution in [0.15, 0.2) is 0 Å². The molecule has 180 valence electrons. The first-order valence-electron chi connectivity index (χ1n) is 11.4. The fraction of sp³-hybridized carbons (Fsp3) is 0.773. The second-order valence-electron chi connectivity index (χ2n) is 8.71. The van der Waals surface area contributed by atoms with Crippen LogP contribution in [0.1, 0.15) is 64.2 Å². The second-order valence-corrected chi connectivity index (χ2v) is 10.0. The molecule has 0 spiro atoms. The lowest BCUT2D eigenvalue weighted by atomic mass is 9.81. The molecule has 1 saturated heterocycles. The molecule has 1 atom stereocenters. The topological polar surface area (TPSA) is 133 Å². The number of hydrogen-bond acceptors (Lipinski definition) is 6. The Hall–Kier alpha value is -2.10. The predicted octanol–water partition coefficient (Wildman–Crippen LogP) is 1.55. The number of rotatable bonds is 13. The highest BCUT2D eigenvalue weighted by molar-refractivity contribution is 8.00. The molecule has 1 aliphatic heterocycles. The molecule has 3 N–H and O–H groups in total. The summed E-state index contributed by atoms with van der Waals surface area (Å²) in [6, 6.07) is 0. The Kier molecular flexibility index (Phi) is 11.0. The molecule has 0 bridgehead atoms. The maximum atomic E-state index is 12.4. The normalized spacial score (nSPS) is 23.0. The van der Waals surface area contributed by atoms with Gasteiger partial charge in [0, 0.05) is 51.1 Å². The van der Waals surface area contributed by atoms with Gasteiger partial charge in [-0.3, -0.25) is 29.3 Å². The number of carbonyl (C=O) groups excluding carboxylic acids is 4. The largest absolute Gasteiger partial charge is 0.481 e. The van der Waals surface area contributed by atoms with Crippen molar-refractivity contribution < 1.29 is 29.1 Å². The van der Waals surface area contributed by atoms with Crippen molar-refractivity contribution in [3.63, 3.8) is 0 Å². The summed E-state index contributed by atoms with van der Waals surface area (Å²) in [7, 11) is 1.79. The Morgan fingerprint density at radius 2 is 1.81 bits per heavy atom. The third kappa shape index (κ3) is 9.18. The van der Waals surface area contributed by atoms with Gasteiger partial charge in [0.2, 0.25) is 23.6 Å². The van der Waals surface area contributed by atoms with E-state index in [1.165, 1.54) is 11.8 Å². The zero-order valence-corrected chi connectivity index (χ0v) is 19.6. The number of carboxylic acids is 1. The molecular weight excluding hydrogens is 434 g/mol. The molecule has 1 saturated carbocycles. The molecule has 0 radical (unpaired) electrons. The van der Waals surface area contributed by atoms with Crippen molar-refractivity contribution in [2.75, 3.05) is 25.9 Å². The average Bonchev–Trinajstić information content (AvgIpc) is 3.07. The minimum Gasteiger partial charge on any atom is -0.481 e.